The van der Waals surface area contributed by atoms with Crippen molar-refractivity contribution >= 4 is 23.4 Å². The third-order valence-corrected chi connectivity index (χ3v) is 8.43. The maximum absolute atomic E-state index is 14.4. The number of likely N-dealkylation sites (tertiary alicyclic amines) is 1. The fourth-order valence-electron chi connectivity index (χ4n) is 6.64. The maximum Gasteiger partial charge on any atom is 0.253 e. The molecule has 0 radical (unpaired) electrons. The molecule has 4 aliphatic rings. The van der Waals surface area contributed by atoms with Gasteiger partial charge in [0.25, 0.3) is 5.91 Å². The molecule has 2 saturated heterocycles. The zero-order valence-corrected chi connectivity index (χ0v) is 22.8. The number of fused-ring (bicyclic) bond motifs is 2. The highest BCUT2D eigenvalue weighted by Crippen LogP contribution is 2.53. The summed E-state index contributed by atoms with van der Waals surface area (Å²) in [5.74, 6) is -1.23. The highest BCUT2D eigenvalue weighted by molar-refractivity contribution is 6.05. The van der Waals surface area contributed by atoms with E-state index in [-0.39, 0.29) is 24.3 Å². The highest BCUT2D eigenvalue weighted by Gasteiger charge is 2.71. The minimum atomic E-state index is -1.22. The van der Waals surface area contributed by atoms with Gasteiger partial charge >= 0.3 is 0 Å². The number of hydrogen-bond acceptors (Lipinski definition) is 6. The quantitative estimate of drug-likeness (QED) is 0.364. The summed E-state index contributed by atoms with van der Waals surface area (Å²) in [7, 11) is 1.60. The van der Waals surface area contributed by atoms with Crippen LogP contribution in [-0.4, -0.2) is 90.3 Å². The van der Waals surface area contributed by atoms with Crippen LogP contribution in [0.3, 0.4) is 0 Å². The number of unbranched alkanes of at least 4 members (excludes halogenated alkanes) is 3. The van der Waals surface area contributed by atoms with Crippen LogP contribution in [-0.2, 0) is 19.1 Å². The van der Waals surface area contributed by atoms with Gasteiger partial charge in [-0.05, 0) is 43.5 Å². The van der Waals surface area contributed by atoms with Crippen LogP contribution in [0.5, 0.6) is 5.75 Å². The van der Waals surface area contributed by atoms with Gasteiger partial charge in [0.1, 0.15) is 17.4 Å². The van der Waals surface area contributed by atoms with Crippen LogP contribution in [0.25, 0.3) is 0 Å². The Morgan fingerprint density at radius 2 is 1.74 bits per heavy atom. The lowest BCUT2D eigenvalue weighted by atomic mass is 9.77. The van der Waals surface area contributed by atoms with Gasteiger partial charge in [-0.2, -0.15) is 0 Å². The number of rotatable bonds is 10. The van der Waals surface area contributed by atoms with Crippen molar-refractivity contribution in [1.82, 2.24) is 9.80 Å². The van der Waals surface area contributed by atoms with Crippen molar-refractivity contribution < 1.29 is 29.0 Å². The van der Waals surface area contributed by atoms with Crippen LogP contribution in [0.15, 0.2) is 48.6 Å². The van der Waals surface area contributed by atoms with E-state index < -0.39 is 29.6 Å². The first-order valence-electron chi connectivity index (χ1n) is 14.1. The van der Waals surface area contributed by atoms with Crippen LogP contribution in [0.1, 0.15) is 39.0 Å². The Morgan fingerprint density at radius 1 is 0.974 bits per heavy atom. The molecule has 3 amide bonds. The molecule has 0 aromatic heterocycles. The van der Waals surface area contributed by atoms with Gasteiger partial charge in [0.15, 0.2) is 0 Å². The maximum atomic E-state index is 14.4. The molecule has 1 spiro atoms. The second kappa shape index (κ2) is 11.5. The molecule has 0 aliphatic carbocycles. The number of hydrogen-bond donors (Lipinski definition) is 1. The molecule has 5 atom stereocenters. The lowest BCUT2D eigenvalue weighted by Crippen LogP contribution is -2.55. The molecule has 1 N–H and O–H groups in total. The average molecular weight is 538 g/mol. The van der Waals surface area contributed by atoms with E-state index >= 15 is 0 Å². The molecule has 39 heavy (non-hydrogen) atoms. The van der Waals surface area contributed by atoms with Crippen LogP contribution < -0.4 is 9.64 Å². The van der Waals surface area contributed by atoms with Gasteiger partial charge in [0.2, 0.25) is 11.8 Å². The fourth-order valence-corrected chi connectivity index (χ4v) is 6.64. The van der Waals surface area contributed by atoms with Crippen molar-refractivity contribution in [3.63, 3.8) is 0 Å². The first kappa shape index (κ1) is 27.4. The monoisotopic (exact) mass is 537 g/mol. The van der Waals surface area contributed by atoms with E-state index in [0.717, 1.165) is 19.3 Å². The fraction of sp³-hybridized carbons (Fsp3) is 0.567. The van der Waals surface area contributed by atoms with Crippen molar-refractivity contribution in [2.75, 3.05) is 44.8 Å². The predicted molar refractivity (Wildman–Crippen MR) is 146 cm³/mol. The van der Waals surface area contributed by atoms with Gasteiger partial charge in [-0.3, -0.25) is 14.4 Å². The number of nitrogens with zero attached hydrogens (tertiary/aromatic N) is 3. The Morgan fingerprint density at radius 3 is 2.46 bits per heavy atom. The number of aliphatic hydroxyl groups is 1. The smallest absolute Gasteiger partial charge is 0.253 e. The summed E-state index contributed by atoms with van der Waals surface area (Å²) < 4.78 is 12.0. The molecule has 0 saturated carbocycles. The molecule has 1 aromatic carbocycles. The SMILES string of the molecule is CCCN1CC=C[C@H]2O[C@]34C=CCN(c5ccc(OC)cc5)C(=O)C3N(CCCCCCO)C(=O)[C@@H]4[C@H]2C1=O. The number of amides is 3. The standard InChI is InChI=1S/C30H39N3O6/c1-3-16-31-17-8-10-23-24(27(31)35)25-28(36)33(18-6-4-5-7-20-34)26-29(37)32(19-9-15-30(25,26)39-23)21-11-13-22(38-2)14-12-21/h8-15,23-26,34H,3-7,16-20H2,1-2H3/t23-,24+,25+,26?,30+/m1/s1. The minimum Gasteiger partial charge on any atom is -0.497 e. The van der Waals surface area contributed by atoms with Crippen molar-refractivity contribution in [3.05, 3.63) is 48.6 Å². The summed E-state index contributed by atoms with van der Waals surface area (Å²) in [6.45, 7) is 4.00. The Labute approximate surface area is 230 Å². The van der Waals surface area contributed by atoms with E-state index in [1.165, 1.54) is 0 Å². The molecule has 9 nitrogen and oxygen atoms in total. The average Bonchev–Trinajstić information content (AvgIpc) is 3.25. The lowest BCUT2D eigenvalue weighted by molar-refractivity contribution is -0.144. The second-order valence-corrected chi connectivity index (χ2v) is 10.8. The number of aliphatic hydroxyl groups excluding tert-OH is 1. The largest absolute Gasteiger partial charge is 0.497 e. The van der Waals surface area contributed by atoms with E-state index in [1.54, 1.807) is 21.8 Å². The highest BCUT2D eigenvalue weighted by atomic mass is 16.5. The number of carbonyl (C=O) groups excluding carboxylic acids is 3. The number of carbonyl (C=O) groups is 3. The Balaban J connectivity index is 1.52. The van der Waals surface area contributed by atoms with Gasteiger partial charge in [-0.15, -0.1) is 0 Å². The summed E-state index contributed by atoms with van der Waals surface area (Å²) in [5.41, 5.74) is -0.510. The summed E-state index contributed by atoms with van der Waals surface area (Å²) >= 11 is 0. The number of anilines is 1. The molecule has 210 valence electrons. The summed E-state index contributed by atoms with van der Waals surface area (Å²) in [4.78, 5) is 47.5. The van der Waals surface area contributed by atoms with Crippen molar-refractivity contribution in [2.45, 2.75) is 56.8 Å². The van der Waals surface area contributed by atoms with Crippen molar-refractivity contribution in [3.8, 4) is 5.75 Å². The molecular formula is C30H39N3O6. The van der Waals surface area contributed by atoms with Crippen LogP contribution in [0, 0.1) is 11.8 Å². The number of methoxy groups -OCH3 is 1. The topological polar surface area (TPSA) is 99.6 Å². The zero-order chi connectivity index (χ0) is 27.6. The normalized spacial score (nSPS) is 29.8. The predicted octanol–water partition coefficient (Wildman–Crippen LogP) is 2.54. The molecule has 1 unspecified atom stereocenters. The zero-order valence-electron chi connectivity index (χ0n) is 22.8. The third kappa shape index (κ3) is 4.76. The molecule has 4 aliphatic heterocycles. The second-order valence-electron chi connectivity index (χ2n) is 10.8. The summed E-state index contributed by atoms with van der Waals surface area (Å²) in [5, 5.41) is 9.15. The van der Waals surface area contributed by atoms with E-state index in [2.05, 4.69) is 0 Å². The first-order chi connectivity index (χ1) is 19.0. The molecule has 1 aromatic rings. The van der Waals surface area contributed by atoms with E-state index in [4.69, 9.17) is 14.6 Å². The van der Waals surface area contributed by atoms with Crippen LogP contribution >= 0.6 is 0 Å². The Bertz CT molecular complexity index is 1130. The van der Waals surface area contributed by atoms with Crippen LogP contribution in [0.2, 0.25) is 0 Å². The van der Waals surface area contributed by atoms with Crippen molar-refractivity contribution in [2.24, 2.45) is 11.8 Å². The Kier molecular flexibility index (Phi) is 8.09. The van der Waals surface area contributed by atoms with E-state index in [1.807, 2.05) is 55.5 Å². The number of ether oxygens (including phenoxy) is 2. The van der Waals surface area contributed by atoms with Gasteiger partial charge < -0.3 is 29.3 Å². The van der Waals surface area contributed by atoms with Gasteiger partial charge in [0.05, 0.1) is 25.0 Å². The summed E-state index contributed by atoms with van der Waals surface area (Å²) in [6, 6.07) is 6.42. The lowest BCUT2D eigenvalue weighted by Gasteiger charge is -2.35. The first-order valence-corrected chi connectivity index (χ1v) is 14.1. The third-order valence-electron chi connectivity index (χ3n) is 8.43. The molecular weight excluding hydrogens is 498 g/mol. The van der Waals surface area contributed by atoms with Gasteiger partial charge in [-0.25, -0.2) is 0 Å². The Hall–Kier alpha value is -3.17. The van der Waals surface area contributed by atoms with Gasteiger partial charge in [-0.1, -0.05) is 44.1 Å². The summed E-state index contributed by atoms with van der Waals surface area (Å²) in [6.07, 6.45) is 11.0. The molecule has 2 fully saturated rings. The molecule has 0 bridgehead atoms. The molecule has 5 rings (SSSR count). The van der Waals surface area contributed by atoms with E-state index in [9.17, 15) is 14.4 Å². The van der Waals surface area contributed by atoms with E-state index in [0.29, 0.717) is 50.5 Å². The number of benzene rings is 1. The molecule has 9 heteroatoms. The molecule has 4 heterocycles. The van der Waals surface area contributed by atoms with Gasteiger partial charge in [0, 0.05) is 38.5 Å². The minimum absolute atomic E-state index is 0.0808. The van der Waals surface area contributed by atoms with Crippen molar-refractivity contribution in [1.29, 1.82) is 0 Å². The van der Waals surface area contributed by atoms with Crippen LogP contribution in [0.4, 0.5) is 5.69 Å².